The topological polar surface area (TPSA) is 38.0 Å². The molecule has 1 aromatic carbocycles. The minimum Gasteiger partial charge on any atom is -0.379 e. The molecule has 1 aromatic rings. The van der Waals surface area contributed by atoms with E-state index in [9.17, 15) is 0 Å². The second-order valence-corrected chi connectivity index (χ2v) is 5.21. The van der Waals surface area contributed by atoms with E-state index in [-0.39, 0.29) is 5.54 Å². The van der Waals surface area contributed by atoms with Crippen LogP contribution in [0, 0.1) is 6.92 Å². The van der Waals surface area contributed by atoms with Crippen molar-refractivity contribution in [1.82, 2.24) is 0 Å². The van der Waals surface area contributed by atoms with Crippen molar-refractivity contribution in [3.8, 4) is 0 Å². The Hall–Kier alpha value is -1.02. The first-order chi connectivity index (χ1) is 8.09. The van der Waals surface area contributed by atoms with Crippen LogP contribution in [0.2, 0.25) is 0 Å². The van der Waals surface area contributed by atoms with Crippen molar-refractivity contribution in [3.63, 3.8) is 0 Å². The fourth-order valence-corrected chi connectivity index (χ4v) is 1.97. The highest BCUT2D eigenvalue weighted by Crippen LogP contribution is 2.20. The highest BCUT2D eigenvalue weighted by atomic mass is 15.0. The molecule has 0 aliphatic heterocycles. The standard InChI is InChI=1S/C15H26N2/c1-4-5-6-11-15(3,12-16)17-14-9-7-13(2)8-10-14/h7-10,17H,4-6,11-12,16H2,1-3H3. The van der Waals surface area contributed by atoms with Crippen molar-refractivity contribution in [2.24, 2.45) is 5.73 Å². The number of unbranched alkanes of at least 4 members (excludes halogenated alkanes) is 2. The molecule has 0 aliphatic rings. The second-order valence-electron chi connectivity index (χ2n) is 5.21. The van der Waals surface area contributed by atoms with E-state index in [1.54, 1.807) is 0 Å². The number of hydrogen-bond acceptors (Lipinski definition) is 2. The molecule has 0 amide bonds. The quantitative estimate of drug-likeness (QED) is 0.706. The third-order valence-electron chi connectivity index (χ3n) is 3.28. The Kier molecular flexibility index (Phi) is 5.49. The summed E-state index contributed by atoms with van der Waals surface area (Å²) in [6, 6.07) is 8.52. The van der Waals surface area contributed by atoms with Crippen LogP contribution in [0.5, 0.6) is 0 Å². The fourth-order valence-electron chi connectivity index (χ4n) is 1.97. The molecule has 17 heavy (non-hydrogen) atoms. The van der Waals surface area contributed by atoms with Gasteiger partial charge in [-0.1, -0.05) is 43.9 Å². The Balaban J connectivity index is 2.58. The molecule has 1 rings (SSSR count). The van der Waals surface area contributed by atoms with Crippen LogP contribution in [0.3, 0.4) is 0 Å². The van der Waals surface area contributed by atoms with Crippen molar-refractivity contribution in [3.05, 3.63) is 29.8 Å². The second kappa shape index (κ2) is 6.65. The maximum absolute atomic E-state index is 5.90. The molecule has 0 saturated heterocycles. The Morgan fingerprint density at radius 3 is 2.35 bits per heavy atom. The van der Waals surface area contributed by atoms with Gasteiger partial charge in [-0.3, -0.25) is 0 Å². The van der Waals surface area contributed by atoms with Crippen LogP contribution in [0.1, 0.15) is 45.1 Å². The third-order valence-corrected chi connectivity index (χ3v) is 3.28. The molecular weight excluding hydrogens is 208 g/mol. The van der Waals surface area contributed by atoms with Gasteiger partial charge < -0.3 is 11.1 Å². The molecule has 0 bridgehead atoms. The predicted octanol–water partition coefficient (Wildman–Crippen LogP) is 3.70. The summed E-state index contributed by atoms with van der Waals surface area (Å²) in [6.45, 7) is 7.22. The Bertz CT molecular complexity index is 318. The molecule has 0 aromatic heterocycles. The lowest BCUT2D eigenvalue weighted by Crippen LogP contribution is -2.42. The van der Waals surface area contributed by atoms with Crippen LogP contribution in [0.25, 0.3) is 0 Å². The van der Waals surface area contributed by atoms with E-state index in [0.29, 0.717) is 6.54 Å². The number of hydrogen-bond donors (Lipinski definition) is 2. The normalized spacial score (nSPS) is 14.4. The number of nitrogens with one attached hydrogen (secondary N) is 1. The molecule has 0 radical (unpaired) electrons. The Morgan fingerprint density at radius 1 is 1.18 bits per heavy atom. The van der Waals surface area contributed by atoms with Gasteiger partial charge in [0, 0.05) is 17.8 Å². The number of benzene rings is 1. The molecule has 0 heterocycles. The molecule has 1 unspecified atom stereocenters. The molecule has 0 spiro atoms. The zero-order valence-corrected chi connectivity index (χ0v) is 11.4. The fraction of sp³-hybridized carbons (Fsp3) is 0.600. The lowest BCUT2D eigenvalue weighted by Gasteiger charge is -2.31. The van der Waals surface area contributed by atoms with Crippen LogP contribution in [0.4, 0.5) is 5.69 Å². The first-order valence-electron chi connectivity index (χ1n) is 6.64. The Labute approximate surface area is 106 Å². The van der Waals surface area contributed by atoms with Gasteiger partial charge in [0.25, 0.3) is 0 Å². The summed E-state index contributed by atoms with van der Waals surface area (Å²) in [6.07, 6.45) is 4.91. The molecule has 1 atom stereocenters. The van der Waals surface area contributed by atoms with Gasteiger partial charge in [-0.15, -0.1) is 0 Å². The average molecular weight is 234 g/mol. The SMILES string of the molecule is CCCCCC(C)(CN)Nc1ccc(C)cc1. The first-order valence-corrected chi connectivity index (χ1v) is 6.64. The van der Waals surface area contributed by atoms with Crippen LogP contribution in [-0.2, 0) is 0 Å². The summed E-state index contributed by atoms with van der Waals surface area (Å²) in [5.74, 6) is 0. The minimum absolute atomic E-state index is 0.0183. The van der Waals surface area contributed by atoms with Crippen molar-refractivity contribution < 1.29 is 0 Å². The third kappa shape index (κ3) is 4.78. The summed E-state index contributed by atoms with van der Waals surface area (Å²) in [7, 11) is 0. The maximum atomic E-state index is 5.90. The molecular formula is C15H26N2. The summed E-state index contributed by atoms with van der Waals surface area (Å²) < 4.78 is 0. The zero-order chi connectivity index (χ0) is 12.7. The van der Waals surface area contributed by atoms with Crippen LogP contribution in [0.15, 0.2) is 24.3 Å². The van der Waals surface area contributed by atoms with Gasteiger partial charge in [0.15, 0.2) is 0 Å². The summed E-state index contributed by atoms with van der Waals surface area (Å²) in [4.78, 5) is 0. The van der Waals surface area contributed by atoms with E-state index in [1.807, 2.05) is 0 Å². The molecule has 96 valence electrons. The first kappa shape index (κ1) is 14.0. The summed E-state index contributed by atoms with van der Waals surface area (Å²) in [5, 5.41) is 3.57. The molecule has 2 nitrogen and oxygen atoms in total. The number of aryl methyl sites for hydroxylation is 1. The van der Waals surface area contributed by atoms with Crippen molar-refractivity contribution >= 4 is 5.69 Å². The minimum atomic E-state index is 0.0183. The van der Waals surface area contributed by atoms with Gasteiger partial charge in [0.05, 0.1) is 0 Å². The van der Waals surface area contributed by atoms with E-state index < -0.39 is 0 Å². The lowest BCUT2D eigenvalue weighted by molar-refractivity contribution is 0.455. The Morgan fingerprint density at radius 2 is 1.82 bits per heavy atom. The number of rotatable bonds is 7. The smallest absolute Gasteiger partial charge is 0.0467 e. The largest absolute Gasteiger partial charge is 0.379 e. The zero-order valence-electron chi connectivity index (χ0n) is 11.4. The number of nitrogens with two attached hydrogens (primary N) is 1. The van der Waals surface area contributed by atoms with Crippen molar-refractivity contribution in [2.75, 3.05) is 11.9 Å². The monoisotopic (exact) mass is 234 g/mol. The molecule has 2 heteroatoms. The van der Waals surface area contributed by atoms with Gasteiger partial charge >= 0.3 is 0 Å². The van der Waals surface area contributed by atoms with E-state index in [1.165, 1.54) is 30.5 Å². The van der Waals surface area contributed by atoms with Gasteiger partial charge in [-0.2, -0.15) is 0 Å². The molecule has 3 N–H and O–H groups in total. The molecule has 0 saturated carbocycles. The van der Waals surface area contributed by atoms with Gasteiger partial charge in [-0.25, -0.2) is 0 Å². The van der Waals surface area contributed by atoms with E-state index in [0.717, 1.165) is 6.42 Å². The van der Waals surface area contributed by atoms with Gasteiger partial charge in [0.1, 0.15) is 0 Å². The van der Waals surface area contributed by atoms with E-state index in [2.05, 4.69) is 50.4 Å². The summed E-state index contributed by atoms with van der Waals surface area (Å²) >= 11 is 0. The van der Waals surface area contributed by atoms with Crippen LogP contribution >= 0.6 is 0 Å². The maximum Gasteiger partial charge on any atom is 0.0467 e. The van der Waals surface area contributed by atoms with E-state index in [4.69, 9.17) is 5.73 Å². The van der Waals surface area contributed by atoms with Crippen molar-refractivity contribution in [2.45, 2.75) is 52.0 Å². The van der Waals surface area contributed by atoms with Crippen LogP contribution in [-0.4, -0.2) is 12.1 Å². The van der Waals surface area contributed by atoms with Gasteiger partial charge in [-0.05, 0) is 32.4 Å². The average Bonchev–Trinajstić information content (AvgIpc) is 2.33. The summed E-state index contributed by atoms with van der Waals surface area (Å²) in [5.41, 5.74) is 8.38. The van der Waals surface area contributed by atoms with Gasteiger partial charge in [0.2, 0.25) is 0 Å². The van der Waals surface area contributed by atoms with Crippen LogP contribution < -0.4 is 11.1 Å². The van der Waals surface area contributed by atoms with E-state index >= 15 is 0 Å². The number of anilines is 1. The molecule has 0 fully saturated rings. The molecule has 0 aliphatic carbocycles. The predicted molar refractivity (Wildman–Crippen MR) is 76.4 cm³/mol. The highest BCUT2D eigenvalue weighted by Gasteiger charge is 2.21. The highest BCUT2D eigenvalue weighted by molar-refractivity contribution is 5.46. The lowest BCUT2D eigenvalue weighted by atomic mass is 9.94. The van der Waals surface area contributed by atoms with Crippen molar-refractivity contribution in [1.29, 1.82) is 0 Å².